The van der Waals surface area contributed by atoms with Crippen LogP contribution < -0.4 is 5.73 Å². The molecule has 140 valence electrons. The molecule has 7 heteroatoms. The van der Waals surface area contributed by atoms with Crippen LogP contribution in [0.4, 0.5) is 0 Å². The number of amides is 1. The number of carbonyl (C=O) groups excluding carboxylic acids is 1. The van der Waals surface area contributed by atoms with Crippen molar-refractivity contribution >= 4 is 15.9 Å². The Morgan fingerprint density at radius 3 is 2.56 bits per heavy atom. The molecule has 0 saturated carbocycles. The average Bonchev–Trinajstić information content (AvgIpc) is 2.55. The minimum Gasteiger partial charge on any atom is -0.338 e. The van der Waals surface area contributed by atoms with E-state index in [1.54, 1.807) is 24.1 Å². The molecule has 1 aliphatic heterocycles. The summed E-state index contributed by atoms with van der Waals surface area (Å²) >= 11 is 0. The van der Waals surface area contributed by atoms with E-state index in [0.29, 0.717) is 18.7 Å². The van der Waals surface area contributed by atoms with Gasteiger partial charge in [-0.25, -0.2) is 8.42 Å². The molecule has 1 aliphatic rings. The molecule has 0 spiro atoms. The van der Waals surface area contributed by atoms with Crippen molar-refractivity contribution in [2.24, 2.45) is 11.1 Å². The van der Waals surface area contributed by atoms with Crippen LogP contribution >= 0.6 is 0 Å². The van der Waals surface area contributed by atoms with Gasteiger partial charge in [0, 0.05) is 37.8 Å². The van der Waals surface area contributed by atoms with E-state index in [-0.39, 0.29) is 28.3 Å². The number of likely N-dealkylation sites (tertiary alicyclic amines) is 1. The van der Waals surface area contributed by atoms with Crippen LogP contribution in [0.5, 0.6) is 0 Å². The van der Waals surface area contributed by atoms with Gasteiger partial charge in [-0.15, -0.1) is 0 Å². The van der Waals surface area contributed by atoms with Crippen molar-refractivity contribution in [3.8, 4) is 0 Å². The second-order valence-corrected chi connectivity index (χ2v) is 9.75. The molecule has 0 bridgehead atoms. The summed E-state index contributed by atoms with van der Waals surface area (Å²) in [7, 11) is -2.07. The number of nitrogens with two attached hydrogens (primary N) is 1. The highest BCUT2D eigenvalue weighted by Crippen LogP contribution is 2.29. The largest absolute Gasteiger partial charge is 0.338 e. The predicted molar refractivity (Wildman–Crippen MR) is 98.8 cm³/mol. The molecular weight excluding hydrogens is 338 g/mol. The fraction of sp³-hybridized carbons (Fsp3) is 0.611. The summed E-state index contributed by atoms with van der Waals surface area (Å²) in [6, 6.07) is 6.18. The monoisotopic (exact) mass is 367 g/mol. The highest BCUT2D eigenvalue weighted by atomic mass is 32.2. The van der Waals surface area contributed by atoms with Crippen molar-refractivity contribution in [2.45, 2.75) is 51.1 Å². The van der Waals surface area contributed by atoms with Gasteiger partial charge in [-0.2, -0.15) is 4.31 Å². The van der Waals surface area contributed by atoms with Gasteiger partial charge in [-0.1, -0.05) is 19.9 Å². The van der Waals surface area contributed by atoms with E-state index in [4.69, 9.17) is 5.73 Å². The van der Waals surface area contributed by atoms with Crippen molar-refractivity contribution in [1.29, 1.82) is 0 Å². The van der Waals surface area contributed by atoms with Crippen LogP contribution in [0.2, 0.25) is 0 Å². The summed E-state index contributed by atoms with van der Waals surface area (Å²) < 4.78 is 26.6. The second-order valence-electron chi connectivity index (χ2n) is 7.75. The maximum Gasteiger partial charge on any atom is 0.253 e. The number of piperidine rings is 1. The van der Waals surface area contributed by atoms with Gasteiger partial charge >= 0.3 is 0 Å². The van der Waals surface area contributed by atoms with Crippen LogP contribution in [-0.4, -0.2) is 55.8 Å². The van der Waals surface area contributed by atoms with E-state index >= 15 is 0 Å². The first kappa shape index (κ1) is 19.9. The molecule has 2 rings (SSSR count). The standard InChI is InChI=1S/C18H29N3O3S/c1-13(2)20(5)25(23,24)15-8-6-7-14(11-15)17(22)21-10-9-16(19)18(3,4)12-21/h6-8,11,13,16H,9-10,12,19H2,1-5H3. The molecular formula is C18H29N3O3S. The third-order valence-corrected chi connectivity index (χ3v) is 7.11. The zero-order chi connectivity index (χ0) is 19.0. The van der Waals surface area contributed by atoms with Crippen molar-refractivity contribution in [3.63, 3.8) is 0 Å². The first-order valence-electron chi connectivity index (χ1n) is 8.60. The maximum absolute atomic E-state index is 12.9. The number of benzene rings is 1. The maximum atomic E-state index is 12.9. The van der Waals surface area contributed by atoms with Gasteiger partial charge in [-0.3, -0.25) is 4.79 Å². The Morgan fingerprint density at radius 2 is 2.00 bits per heavy atom. The number of rotatable bonds is 4. The van der Waals surface area contributed by atoms with Crippen molar-refractivity contribution in [1.82, 2.24) is 9.21 Å². The van der Waals surface area contributed by atoms with E-state index in [1.807, 2.05) is 13.8 Å². The lowest BCUT2D eigenvalue weighted by Crippen LogP contribution is -2.54. The first-order valence-corrected chi connectivity index (χ1v) is 10.0. The molecule has 1 amide bonds. The average molecular weight is 368 g/mol. The van der Waals surface area contributed by atoms with Gasteiger partial charge in [0.25, 0.3) is 5.91 Å². The van der Waals surface area contributed by atoms with Crippen molar-refractivity contribution in [3.05, 3.63) is 29.8 Å². The molecule has 1 saturated heterocycles. The Kier molecular flexibility index (Phi) is 5.61. The van der Waals surface area contributed by atoms with Gasteiger partial charge in [0.1, 0.15) is 0 Å². The lowest BCUT2D eigenvalue weighted by atomic mass is 9.79. The first-order chi connectivity index (χ1) is 11.5. The summed E-state index contributed by atoms with van der Waals surface area (Å²) in [6.45, 7) is 8.88. The third-order valence-electron chi connectivity index (χ3n) is 5.08. The van der Waals surface area contributed by atoms with Gasteiger partial charge in [0.15, 0.2) is 0 Å². The summed E-state index contributed by atoms with van der Waals surface area (Å²) in [5.74, 6) is -0.149. The molecule has 1 atom stereocenters. The molecule has 1 aromatic carbocycles. The van der Waals surface area contributed by atoms with Crippen molar-refractivity contribution in [2.75, 3.05) is 20.1 Å². The molecule has 25 heavy (non-hydrogen) atoms. The smallest absolute Gasteiger partial charge is 0.253 e. The van der Waals surface area contributed by atoms with Gasteiger partial charge < -0.3 is 10.6 Å². The Labute approximate surface area is 151 Å². The summed E-state index contributed by atoms with van der Waals surface area (Å²) in [6.07, 6.45) is 0.743. The van der Waals surface area contributed by atoms with Crippen LogP contribution in [0.25, 0.3) is 0 Å². The highest BCUT2D eigenvalue weighted by molar-refractivity contribution is 7.89. The molecule has 0 aromatic heterocycles. The van der Waals surface area contributed by atoms with Crippen LogP contribution in [0.3, 0.4) is 0 Å². The Balaban J connectivity index is 2.29. The number of hydrogen-bond acceptors (Lipinski definition) is 4. The molecule has 1 heterocycles. The molecule has 0 aliphatic carbocycles. The minimum absolute atomic E-state index is 0.0583. The zero-order valence-electron chi connectivity index (χ0n) is 15.7. The van der Waals surface area contributed by atoms with E-state index < -0.39 is 10.0 Å². The molecule has 2 N–H and O–H groups in total. The van der Waals surface area contributed by atoms with Crippen LogP contribution in [0.1, 0.15) is 44.5 Å². The van der Waals surface area contributed by atoms with E-state index in [0.717, 1.165) is 6.42 Å². The normalized spacial score (nSPS) is 21.0. The summed E-state index contributed by atoms with van der Waals surface area (Å²) in [5, 5.41) is 0. The molecule has 1 fully saturated rings. The van der Waals surface area contributed by atoms with E-state index in [2.05, 4.69) is 13.8 Å². The summed E-state index contributed by atoms with van der Waals surface area (Å²) in [5.41, 5.74) is 6.37. The minimum atomic E-state index is -3.61. The molecule has 0 radical (unpaired) electrons. The SMILES string of the molecule is CC(C)N(C)S(=O)(=O)c1cccc(C(=O)N2CCC(N)C(C)(C)C2)c1. The van der Waals surface area contributed by atoms with E-state index in [9.17, 15) is 13.2 Å². The van der Waals surface area contributed by atoms with Gasteiger partial charge in [0.2, 0.25) is 10.0 Å². The predicted octanol–water partition coefficient (Wildman–Crippen LogP) is 1.91. The highest BCUT2D eigenvalue weighted by Gasteiger charge is 2.35. The molecule has 6 nitrogen and oxygen atoms in total. The van der Waals surface area contributed by atoms with E-state index in [1.165, 1.54) is 16.4 Å². The molecule has 1 aromatic rings. The second kappa shape index (κ2) is 7.05. The topological polar surface area (TPSA) is 83.7 Å². The Hall–Kier alpha value is -1.44. The summed E-state index contributed by atoms with van der Waals surface area (Å²) in [4.78, 5) is 14.8. The van der Waals surface area contributed by atoms with Crippen LogP contribution in [0.15, 0.2) is 29.2 Å². The lowest BCUT2D eigenvalue weighted by Gasteiger charge is -2.42. The quantitative estimate of drug-likeness (QED) is 0.881. The number of sulfonamides is 1. The Bertz CT molecular complexity index is 744. The number of nitrogens with zero attached hydrogens (tertiary/aromatic N) is 2. The van der Waals surface area contributed by atoms with Crippen LogP contribution in [-0.2, 0) is 10.0 Å². The fourth-order valence-corrected chi connectivity index (χ4v) is 4.38. The number of carbonyl (C=O) groups is 1. The zero-order valence-corrected chi connectivity index (χ0v) is 16.5. The van der Waals surface area contributed by atoms with Gasteiger partial charge in [0.05, 0.1) is 4.90 Å². The fourth-order valence-electron chi connectivity index (χ4n) is 2.96. The Morgan fingerprint density at radius 1 is 1.36 bits per heavy atom. The van der Waals surface area contributed by atoms with Gasteiger partial charge in [-0.05, 0) is 43.9 Å². The third kappa shape index (κ3) is 4.04. The number of hydrogen-bond donors (Lipinski definition) is 1. The van der Waals surface area contributed by atoms with Crippen molar-refractivity contribution < 1.29 is 13.2 Å². The lowest BCUT2D eigenvalue weighted by molar-refractivity contribution is 0.0533. The van der Waals surface area contributed by atoms with Crippen LogP contribution in [0, 0.1) is 5.41 Å². The molecule has 1 unspecified atom stereocenters.